The van der Waals surface area contributed by atoms with Gasteiger partial charge in [0.05, 0.1) is 6.20 Å². The van der Waals surface area contributed by atoms with Gasteiger partial charge in [-0.15, -0.1) is 0 Å². The number of aromatic nitrogens is 1. The molecule has 0 saturated heterocycles. The first-order valence-electron chi connectivity index (χ1n) is 4.52. The Morgan fingerprint density at radius 1 is 1.60 bits per heavy atom. The minimum Gasteiger partial charge on any atom is -0.477 e. The average Bonchev–Trinajstić information content (AvgIpc) is 2.76. The second kappa shape index (κ2) is 3.30. The van der Waals surface area contributed by atoms with Gasteiger partial charge in [0.25, 0.3) is 0 Å². The number of rotatable bonds is 3. The molecule has 1 fully saturated rings. The van der Waals surface area contributed by atoms with Gasteiger partial charge in [-0.05, 0) is 12.8 Å². The Bertz CT molecular complexity index is 423. The summed E-state index contributed by atoms with van der Waals surface area (Å²) in [5.74, 6) is -1.10. The molecule has 0 atom stereocenters. The van der Waals surface area contributed by atoms with Crippen LogP contribution in [-0.4, -0.2) is 22.0 Å². The number of hydrogen-bond donors (Lipinski definition) is 2. The van der Waals surface area contributed by atoms with E-state index in [1.807, 2.05) is 6.92 Å². The number of carbonyl (C=O) groups is 2. The fraction of sp³-hybridized carbons (Fsp3) is 0.444. The van der Waals surface area contributed by atoms with Gasteiger partial charge in [0, 0.05) is 5.41 Å². The molecule has 6 heteroatoms. The van der Waals surface area contributed by atoms with Gasteiger partial charge in [-0.3, -0.25) is 4.79 Å². The molecule has 0 unspecified atom stereocenters. The molecule has 1 amide bonds. The average molecular weight is 226 g/mol. The molecule has 0 bridgehead atoms. The molecule has 1 aliphatic carbocycles. The van der Waals surface area contributed by atoms with Crippen molar-refractivity contribution in [2.75, 3.05) is 5.32 Å². The lowest BCUT2D eigenvalue weighted by atomic mass is 10.1. The van der Waals surface area contributed by atoms with Crippen molar-refractivity contribution >= 4 is 28.3 Å². The lowest BCUT2D eigenvalue weighted by Crippen LogP contribution is -2.21. The standard InChI is InChI=1S/C9H10N2O3S/c1-9(2-3-9)7(14)11-8-10-4-5(15-8)6(12)13/h4H,2-3H2,1H3,(H,12,13)(H,10,11,14). The zero-order valence-electron chi connectivity index (χ0n) is 8.11. The van der Waals surface area contributed by atoms with Crippen LogP contribution in [0, 0.1) is 5.41 Å². The van der Waals surface area contributed by atoms with Crippen molar-refractivity contribution in [1.29, 1.82) is 0 Å². The maximum atomic E-state index is 11.6. The van der Waals surface area contributed by atoms with E-state index in [1.165, 1.54) is 6.20 Å². The van der Waals surface area contributed by atoms with Gasteiger partial charge in [-0.1, -0.05) is 18.3 Å². The van der Waals surface area contributed by atoms with E-state index in [4.69, 9.17) is 5.11 Å². The number of thiazole rings is 1. The molecule has 1 aromatic rings. The third kappa shape index (κ3) is 1.99. The number of nitrogens with zero attached hydrogens (tertiary/aromatic N) is 1. The molecule has 1 aliphatic rings. The van der Waals surface area contributed by atoms with Crippen molar-refractivity contribution in [2.24, 2.45) is 5.41 Å². The van der Waals surface area contributed by atoms with Gasteiger partial charge in [0.15, 0.2) is 5.13 Å². The van der Waals surface area contributed by atoms with Crippen molar-refractivity contribution < 1.29 is 14.7 Å². The smallest absolute Gasteiger partial charge is 0.347 e. The van der Waals surface area contributed by atoms with Crippen molar-refractivity contribution in [1.82, 2.24) is 4.98 Å². The molecule has 1 heterocycles. The molecular formula is C9H10N2O3S. The van der Waals surface area contributed by atoms with Crippen molar-refractivity contribution in [3.63, 3.8) is 0 Å². The predicted octanol–water partition coefficient (Wildman–Crippen LogP) is 1.58. The topological polar surface area (TPSA) is 79.3 Å². The van der Waals surface area contributed by atoms with E-state index in [1.54, 1.807) is 0 Å². The van der Waals surface area contributed by atoms with Crippen LogP contribution in [0.25, 0.3) is 0 Å². The van der Waals surface area contributed by atoms with Gasteiger partial charge in [-0.2, -0.15) is 0 Å². The van der Waals surface area contributed by atoms with Crippen LogP contribution in [0.5, 0.6) is 0 Å². The summed E-state index contributed by atoms with van der Waals surface area (Å²) in [5.41, 5.74) is -0.269. The summed E-state index contributed by atoms with van der Waals surface area (Å²) >= 11 is 0.971. The zero-order chi connectivity index (χ0) is 11.1. The summed E-state index contributed by atoms with van der Waals surface area (Å²) in [6.07, 6.45) is 3.02. The summed E-state index contributed by atoms with van der Waals surface area (Å²) in [6, 6.07) is 0. The highest BCUT2D eigenvalue weighted by atomic mass is 32.1. The third-order valence-electron chi connectivity index (χ3n) is 2.49. The van der Waals surface area contributed by atoms with Crippen molar-refractivity contribution in [3.05, 3.63) is 11.1 Å². The number of amides is 1. The molecule has 5 nitrogen and oxygen atoms in total. The number of carbonyl (C=O) groups excluding carboxylic acids is 1. The van der Waals surface area contributed by atoms with Gasteiger partial charge < -0.3 is 10.4 Å². The van der Waals surface area contributed by atoms with Crippen molar-refractivity contribution in [3.8, 4) is 0 Å². The molecule has 0 aliphatic heterocycles. The molecule has 1 aromatic heterocycles. The zero-order valence-corrected chi connectivity index (χ0v) is 8.93. The number of aromatic carboxylic acids is 1. The largest absolute Gasteiger partial charge is 0.477 e. The lowest BCUT2D eigenvalue weighted by Gasteiger charge is -2.06. The molecule has 15 heavy (non-hydrogen) atoms. The Kier molecular flexibility index (Phi) is 2.22. The Hall–Kier alpha value is -1.43. The third-order valence-corrected chi connectivity index (χ3v) is 3.39. The van der Waals surface area contributed by atoms with Crippen LogP contribution in [0.4, 0.5) is 5.13 Å². The summed E-state index contributed by atoms with van der Waals surface area (Å²) in [5, 5.41) is 11.6. The minimum atomic E-state index is -1.02. The lowest BCUT2D eigenvalue weighted by molar-refractivity contribution is -0.120. The minimum absolute atomic E-state index is 0.0752. The molecular weight excluding hydrogens is 216 g/mol. The maximum Gasteiger partial charge on any atom is 0.347 e. The Morgan fingerprint density at radius 3 is 2.73 bits per heavy atom. The number of nitrogens with one attached hydrogen (secondary N) is 1. The number of carboxylic acids is 1. The summed E-state index contributed by atoms with van der Waals surface area (Å²) in [4.78, 5) is 26.1. The highest BCUT2D eigenvalue weighted by Crippen LogP contribution is 2.45. The highest BCUT2D eigenvalue weighted by molar-refractivity contribution is 7.17. The summed E-state index contributed by atoms with van der Waals surface area (Å²) in [7, 11) is 0. The Balaban J connectivity index is 2.05. The molecule has 0 aromatic carbocycles. The quantitative estimate of drug-likeness (QED) is 0.820. The Morgan fingerprint density at radius 2 is 2.27 bits per heavy atom. The van der Waals surface area contributed by atoms with Gasteiger partial charge >= 0.3 is 5.97 Å². The van der Waals surface area contributed by atoms with E-state index in [9.17, 15) is 9.59 Å². The summed E-state index contributed by atoms with van der Waals surface area (Å²) in [6.45, 7) is 1.88. The molecule has 2 N–H and O–H groups in total. The second-order valence-electron chi connectivity index (χ2n) is 3.85. The van der Waals surface area contributed by atoms with Crippen LogP contribution in [0.15, 0.2) is 6.20 Å². The molecule has 1 saturated carbocycles. The number of anilines is 1. The Labute approximate surface area is 90.1 Å². The van der Waals surface area contributed by atoms with Crippen LogP contribution < -0.4 is 5.32 Å². The molecule has 2 rings (SSSR count). The number of hydrogen-bond acceptors (Lipinski definition) is 4. The second-order valence-corrected chi connectivity index (χ2v) is 4.88. The SMILES string of the molecule is CC1(C(=O)Nc2ncc(C(=O)O)s2)CC1. The van der Waals surface area contributed by atoms with Crippen LogP contribution in [0.3, 0.4) is 0 Å². The first-order valence-corrected chi connectivity index (χ1v) is 5.33. The van der Waals surface area contributed by atoms with Crippen LogP contribution in [0.1, 0.15) is 29.4 Å². The van der Waals surface area contributed by atoms with E-state index >= 15 is 0 Å². The van der Waals surface area contributed by atoms with E-state index in [0.717, 1.165) is 24.2 Å². The fourth-order valence-electron chi connectivity index (χ4n) is 1.09. The van der Waals surface area contributed by atoms with E-state index < -0.39 is 5.97 Å². The van der Waals surface area contributed by atoms with Crippen molar-refractivity contribution in [2.45, 2.75) is 19.8 Å². The maximum absolute atomic E-state index is 11.6. The summed E-state index contributed by atoms with van der Waals surface area (Å²) < 4.78 is 0. The predicted molar refractivity (Wildman–Crippen MR) is 55.0 cm³/mol. The van der Waals surface area contributed by atoms with E-state index in [-0.39, 0.29) is 16.2 Å². The van der Waals surface area contributed by atoms with Crippen LogP contribution in [0.2, 0.25) is 0 Å². The van der Waals surface area contributed by atoms with E-state index in [0.29, 0.717) is 5.13 Å². The monoisotopic (exact) mass is 226 g/mol. The van der Waals surface area contributed by atoms with Gasteiger partial charge in [0.2, 0.25) is 5.91 Å². The first kappa shape index (κ1) is 10.1. The van der Waals surface area contributed by atoms with Gasteiger partial charge in [0.1, 0.15) is 4.88 Å². The number of carboxylic acid groups (broad SMARTS) is 1. The van der Waals surface area contributed by atoms with Crippen LogP contribution >= 0.6 is 11.3 Å². The molecule has 80 valence electrons. The fourth-order valence-corrected chi connectivity index (χ4v) is 1.74. The first-order chi connectivity index (χ1) is 7.01. The molecule has 0 spiro atoms. The highest BCUT2D eigenvalue weighted by Gasteiger charge is 2.45. The van der Waals surface area contributed by atoms with Gasteiger partial charge in [-0.25, -0.2) is 9.78 Å². The van der Waals surface area contributed by atoms with E-state index in [2.05, 4.69) is 10.3 Å². The normalized spacial score (nSPS) is 17.1. The molecule has 0 radical (unpaired) electrons. The van der Waals surface area contributed by atoms with Crippen LogP contribution in [-0.2, 0) is 4.79 Å².